The zero-order valence-corrected chi connectivity index (χ0v) is 10.1. The van der Waals surface area contributed by atoms with E-state index in [0.717, 1.165) is 6.42 Å². The Morgan fingerprint density at radius 3 is 2.67 bits per heavy atom. The fourth-order valence-corrected chi connectivity index (χ4v) is 2.40. The number of hydrogen-bond donors (Lipinski definition) is 1. The lowest BCUT2D eigenvalue weighted by Gasteiger charge is -2.33. The Balaban J connectivity index is 1.93. The van der Waals surface area contributed by atoms with Crippen LogP contribution in [-0.4, -0.2) is 22.4 Å². The molecule has 1 fully saturated rings. The minimum absolute atomic E-state index is 0.193. The third-order valence-corrected chi connectivity index (χ3v) is 3.27. The Hall–Kier alpha value is -1.11. The first-order chi connectivity index (χ1) is 8.47. The normalized spacial score (nSPS) is 25.3. The molecule has 2 unspecified atom stereocenters. The lowest BCUT2D eigenvalue weighted by molar-refractivity contribution is -0.189. The van der Waals surface area contributed by atoms with E-state index in [-0.39, 0.29) is 13.0 Å². The molecule has 1 heterocycles. The van der Waals surface area contributed by atoms with Crippen LogP contribution in [-0.2, 0) is 6.54 Å². The van der Waals surface area contributed by atoms with E-state index >= 15 is 0 Å². The van der Waals surface area contributed by atoms with Gasteiger partial charge in [-0.2, -0.15) is 18.2 Å². The number of halogens is 3. The minimum Gasteiger partial charge on any atom is -0.338 e. The molecule has 0 amide bonds. The van der Waals surface area contributed by atoms with E-state index in [1.807, 2.05) is 0 Å². The Morgan fingerprint density at radius 1 is 1.33 bits per heavy atom. The Labute approximate surface area is 103 Å². The summed E-state index contributed by atoms with van der Waals surface area (Å²) in [7, 11) is 0. The Kier molecular flexibility index (Phi) is 3.89. The maximum Gasteiger partial charge on any atom is 0.393 e. The van der Waals surface area contributed by atoms with Gasteiger partial charge in [0.25, 0.3) is 0 Å². The van der Waals surface area contributed by atoms with Crippen LogP contribution in [0.3, 0.4) is 0 Å². The maximum absolute atomic E-state index is 12.8. The van der Waals surface area contributed by atoms with Crippen molar-refractivity contribution in [1.29, 1.82) is 0 Å². The zero-order valence-electron chi connectivity index (χ0n) is 10.1. The maximum atomic E-state index is 12.8. The van der Waals surface area contributed by atoms with Gasteiger partial charge >= 0.3 is 6.18 Å². The number of alkyl halides is 3. The molecular formula is C11H16F3N3O. The standard InChI is InChI=1S/C11H16F3N3O/c1-7-16-10(18-17-7)6-15-9-5-3-2-4-8(9)11(12,13)14/h8-9,15H,2-6H2,1H3. The van der Waals surface area contributed by atoms with E-state index in [1.54, 1.807) is 6.92 Å². The van der Waals surface area contributed by atoms with Crippen LogP contribution in [0.4, 0.5) is 13.2 Å². The van der Waals surface area contributed by atoms with Crippen LogP contribution in [0.5, 0.6) is 0 Å². The summed E-state index contributed by atoms with van der Waals surface area (Å²) >= 11 is 0. The van der Waals surface area contributed by atoms with Crippen molar-refractivity contribution in [2.24, 2.45) is 5.92 Å². The largest absolute Gasteiger partial charge is 0.393 e. The van der Waals surface area contributed by atoms with Crippen molar-refractivity contribution >= 4 is 0 Å². The fraction of sp³-hybridized carbons (Fsp3) is 0.818. The molecule has 1 saturated carbocycles. The highest BCUT2D eigenvalue weighted by Gasteiger charge is 2.45. The van der Waals surface area contributed by atoms with Gasteiger partial charge in [0.1, 0.15) is 0 Å². The van der Waals surface area contributed by atoms with Crippen LogP contribution in [0, 0.1) is 12.8 Å². The molecule has 1 aliphatic rings. The Bertz CT molecular complexity index is 391. The van der Waals surface area contributed by atoms with Gasteiger partial charge in [0.2, 0.25) is 5.89 Å². The summed E-state index contributed by atoms with van der Waals surface area (Å²) < 4.78 is 43.4. The molecule has 102 valence electrons. The molecule has 1 aromatic rings. The van der Waals surface area contributed by atoms with Gasteiger partial charge < -0.3 is 9.84 Å². The van der Waals surface area contributed by atoms with Gasteiger partial charge in [-0.25, -0.2) is 0 Å². The van der Waals surface area contributed by atoms with Crippen LogP contribution in [0.25, 0.3) is 0 Å². The van der Waals surface area contributed by atoms with Gasteiger partial charge in [0.15, 0.2) is 5.82 Å². The summed E-state index contributed by atoms with van der Waals surface area (Å²) in [5.41, 5.74) is 0. The van der Waals surface area contributed by atoms with E-state index in [1.165, 1.54) is 0 Å². The van der Waals surface area contributed by atoms with Crippen molar-refractivity contribution < 1.29 is 17.7 Å². The molecule has 2 atom stereocenters. The van der Waals surface area contributed by atoms with Crippen LogP contribution in [0.2, 0.25) is 0 Å². The number of nitrogens with zero attached hydrogens (tertiary/aromatic N) is 2. The van der Waals surface area contributed by atoms with Gasteiger partial charge in [0, 0.05) is 6.04 Å². The van der Waals surface area contributed by atoms with Crippen LogP contribution < -0.4 is 5.32 Å². The smallest absolute Gasteiger partial charge is 0.338 e. The third kappa shape index (κ3) is 3.22. The summed E-state index contributed by atoms with van der Waals surface area (Å²) in [5.74, 6) is -0.447. The second kappa shape index (κ2) is 5.26. The lowest BCUT2D eigenvalue weighted by atomic mass is 9.84. The second-order valence-corrected chi connectivity index (χ2v) is 4.66. The number of aromatic nitrogens is 2. The van der Waals surface area contributed by atoms with Gasteiger partial charge in [-0.05, 0) is 19.8 Å². The molecule has 1 N–H and O–H groups in total. The van der Waals surface area contributed by atoms with Crippen molar-refractivity contribution in [2.45, 2.75) is 51.4 Å². The molecule has 1 aromatic heterocycles. The van der Waals surface area contributed by atoms with Crippen LogP contribution >= 0.6 is 0 Å². The highest BCUT2D eigenvalue weighted by molar-refractivity contribution is 4.88. The van der Waals surface area contributed by atoms with Crippen LogP contribution in [0.1, 0.15) is 37.4 Å². The average molecular weight is 263 g/mol. The first-order valence-corrected chi connectivity index (χ1v) is 6.06. The molecule has 2 rings (SSSR count). The lowest BCUT2D eigenvalue weighted by Crippen LogP contribution is -2.45. The van der Waals surface area contributed by atoms with Crippen molar-refractivity contribution in [2.75, 3.05) is 0 Å². The molecule has 0 radical (unpaired) electrons. The predicted molar refractivity (Wildman–Crippen MR) is 57.7 cm³/mol. The van der Waals surface area contributed by atoms with Crippen molar-refractivity contribution in [3.8, 4) is 0 Å². The molecule has 4 nitrogen and oxygen atoms in total. The van der Waals surface area contributed by atoms with Crippen molar-refractivity contribution in [1.82, 2.24) is 15.5 Å². The fourth-order valence-electron chi connectivity index (χ4n) is 2.40. The molecule has 0 bridgehead atoms. The molecular weight excluding hydrogens is 247 g/mol. The first-order valence-electron chi connectivity index (χ1n) is 6.06. The molecule has 0 spiro atoms. The first kappa shape index (κ1) is 13.3. The summed E-state index contributed by atoms with van der Waals surface area (Å²) in [4.78, 5) is 3.96. The van der Waals surface area contributed by atoms with E-state index in [9.17, 15) is 13.2 Å². The summed E-state index contributed by atoms with van der Waals surface area (Å²) in [6.07, 6.45) is -1.93. The molecule has 0 aliphatic heterocycles. The summed E-state index contributed by atoms with van der Waals surface area (Å²) in [6, 6.07) is -0.550. The number of hydrogen-bond acceptors (Lipinski definition) is 4. The molecule has 18 heavy (non-hydrogen) atoms. The summed E-state index contributed by atoms with van der Waals surface area (Å²) in [5, 5.41) is 6.49. The van der Waals surface area contributed by atoms with E-state index in [2.05, 4.69) is 15.5 Å². The average Bonchev–Trinajstić information content (AvgIpc) is 2.72. The van der Waals surface area contributed by atoms with Crippen molar-refractivity contribution in [3.05, 3.63) is 11.7 Å². The van der Waals surface area contributed by atoms with Gasteiger partial charge in [-0.1, -0.05) is 18.0 Å². The number of rotatable bonds is 3. The van der Waals surface area contributed by atoms with Gasteiger partial charge in [-0.3, -0.25) is 0 Å². The monoisotopic (exact) mass is 263 g/mol. The van der Waals surface area contributed by atoms with E-state index in [0.29, 0.717) is 24.6 Å². The summed E-state index contributed by atoms with van der Waals surface area (Å²) in [6.45, 7) is 1.87. The van der Waals surface area contributed by atoms with Gasteiger partial charge in [0.05, 0.1) is 12.5 Å². The highest BCUT2D eigenvalue weighted by Crippen LogP contribution is 2.37. The predicted octanol–water partition coefficient (Wildman–Crippen LogP) is 2.59. The molecule has 1 aliphatic carbocycles. The number of nitrogens with one attached hydrogen (secondary N) is 1. The number of aryl methyl sites for hydroxylation is 1. The van der Waals surface area contributed by atoms with Crippen molar-refractivity contribution in [3.63, 3.8) is 0 Å². The quantitative estimate of drug-likeness (QED) is 0.910. The van der Waals surface area contributed by atoms with E-state index in [4.69, 9.17) is 4.52 Å². The Morgan fingerprint density at radius 2 is 2.06 bits per heavy atom. The zero-order chi connectivity index (χ0) is 13.2. The SMILES string of the molecule is Cc1noc(CNC2CCCCC2C(F)(F)F)n1. The topological polar surface area (TPSA) is 51.0 Å². The van der Waals surface area contributed by atoms with Crippen LogP contribution in [0.15, 0.2) is 4.52 Å². The van der Waals surface area contributed by atoms with Gasteiger partial charge in [-0.15, -0.1) is 0 Å². The molecule has 0 saturated heterocycles. The second-order valence-electron chi connectivity index (χ2n) is 4.66. The minimum atomic E-state index is -4.14. The molecule has 0 aromatic carbocycles. The van der Waals surface area contributed by atoms with E-state index < -0.39 is 18.1 Å². The third-order valence-electron chi connectivity index (χ3n) is 3.27. The highest BCUT2D eigenvalue weighted by atomic mass is 19.4. The molecule has 7 heteroatoms.